The second-order valence-corrected chi connectivity index (χ2v) is 4.92. The zero-order valence-corrected chi connectivity index (χ0v) is 11.9. The Morgan fingerprint density at radius 1 is 1.32 bits per heavy atom. The van der Waals surface area contributed by atoms with Gasteiger partial charge in [-0.25, -0.2) is 9.78 Å². The van der Waals surface area contributed by atoms with E-state index in [4.69, 9.17) is 0 Å². The zero-order chi connectivity index (χ0) is 15.7. The van der Waals surface area contributed by atoms with E-state index in [0.717, 1.165) is 4.57 Å². The number of nitrogens with one attached hydrogen (secondary N) is 1. The van der Waals surface area contributed by atoms with Gasteiger partial charge in [0.1, 0.15) is 6.33 Å². The Bertz CT molecular complexity index is 951. The van der Waals surface area contributed by atoms with E-state index in [1.807, 2.05) is 6.92 Å². The van der Waals surface area contributed by atoms with Gasteiger partial charge in [-0.05, 0) is 24.6 Å². The topological polar surface area (TPSA) is 89.8 Å². The highest BCUT2D eigenvalue weighted by molar-refractivity contribution is 5.99. The van der Waals surface area contributed by atoms with Gasteiger partial charge in [0, 0.05) is 24.5 Å². The number of carbonyl (C=O) groups is 1. The summed E-state index contributed by atoms with van der Waals surface area (Å²) < 4.78 is 2.48. The zero-order valence-electron chi connectivity index (χ0n) is 11.9. The minimum atomic E-state index is -0.437. The lowest BCUT2D eigenvalue weighted by Gasteiger charge is -2.06. The van der Waals surface area contributed by atoms with Gasteiger partial charge >= 0.3 is 5.69 Å². The quantitative estimate of drug-likeness (QED) is 0.780. The largest absolute Gasteiger partial charge is 0.328 e. The molecule has 22 heavy (non-hydrogen) atoms. The van der Waals surface area contributed by atoms with Gasteiger partial charge in [0.05, 0.1) is 10.9 Å². The third kappa shape index (κ3) is 2.26. The van der Waals surface area contributed by atoms with Crippen molar-refractivity contribution < 1.29 is 4.79 Å². The van der Waals surface area contributed by atoms with Gasteiger partial charge < -0.3 is 4.98 Å². The molecular formula is C15H14N4O3. The Labute approximate surface area is 124 Å². The Morgan fingerprint density at radius 3 is 2.82 bits per heavy atom. The van der Waals surface area contributed by atoms with Gasteiger partial charge in [0.25, 0.3) is 11.5 Å². The van der Waals surface area contributed by atoms with Crippen LogP contribution in [0, 0.1) is 0 Å². The molecule has 0 bridgehead atoms. The highest BCUT2D eigenvalue weighted by Gasteiger charge is 2.12. The smallest absolute Gasteiger partial charge is 0.307 e. The molecule has 2 aromatic heterocycles. The summed E-state index contributed by atoms with van der Waals surface area (Å²) in [5, 5.41) is 0.319. The minimum absolute atomic E-state index is 0.285. The first-order chi connectivity index (χ1) is 10.6. The van der Waals surface area contributed by atoms with Crippen LogP contribution in [0.5, 0.6) is 0 Å². The van der Waals surface area contributed by atoms with Crippen molar-refractivity contribution in [3.63, 3.8) is 0 Å². The standard InChI is InChI=1S/C15H14N4O3/c1-2-6-19-14(21)11-8-10(3-4-12(11)17-15(19)22)13(20)18-7-5-16-9-18/h3-5,7-9H,2,6H2,1H3,(H,17,22). The normalized spacial score (nSPS) is 11.0. The average Bonchev–Trinajstić information content (AvgIpc) is 3.05. The molecule has 0 aliphatic rings. The summed E-state index contributed by atoms with van der Waals surface area (Å²) in [6.45, 7) is 2.22. The van der Waals surface area contributed by atoms with Crippen molar-refractivity contribution in [3.8, 4) is 0 Å². The van der Waals surface area contributed by atoms with E-state index in [1.165, 1.54) is 29.4 Å². The Morgan fingerprint density at radius 2 is 2.14 bits per heavy atom. The highest BCUT2D eigenvalue weighted by atomic mass is 16.2. The Hall–Kier alpha value is -2.96. The number of carbonyl (C=O) groups excluding carboxylic acids is 1. The number of nitrogens with zero attached hydrogens (tertiary/aromatic N) is 3. The molecular weight excluding hydrogens is 284 g/mol. The molecule has 1 aromatic carbocycles. The Balaban J connectivity index is 2.19. The van der Waals surface area contributed by atoms with E-state index in [0.29, 0.717) is 29.4 Å². The molecule has 0 unspecified atom stereocenters. The molecule has 0 spiro atoms. The first kappa shape index (κ1) is 14.0. The summed E-state index contributed by atoms with van der Waals surface area (Å²) in [5.74, 6) is -0.285. The number of H-pyrrole nitrogens is 1. The molecule has 0 saturated carbocycles. The molecule has 0 saturated heterocycles. The lowest BCUT2D eigenvalue weighted by molar-refractivity contribution is 0.0960. The second-order valence-electron chi connectivity index (χ2n) is 4.92. The van der Waals surface area contributed by atoms with Crippen molar-refractivity contribution in [2.45, 2.75) is 19.9 Å². The molecule has 0 amide bonds. The van der Waals surface area contributed by atoms with Crippen molar-refractivity contribution in [1.82, 2.24) is 19.1 Å². The van der Waals surface area contributed by atoms with Crippen molar-refractivity contribution in [2.24, 2.45) is 0 Å². The van der Waals surface area contributed by atoms with Crippen LogP contribution in [-0.4, -0.2) is 25.0 Å². The third-order valence-electron chi connectivity index (χ3n) is 3.41. The second kappa shape index (κ2) is 5.44. The number of rotatable bonds is 3. The number of hydrogen-bond acceptors (Lipinski definition) is 4. The summed E-state index contributed by atoms with van der Waals surface area (Å²) >= 11 is 0. The number of fused-ring (bicyclic) bond motifs is 1. The summed E-state index contributed by atoms with van der Waals surface area (Å²) in [6, 6.07) is 4.64. The molecule has 3 aromatic rings. The van der Waals surface area contributed by atoms with E-state index in [-0.39, 0.29) is 11.5 Å². The van der Waals surface area contributed by atoms with Crippen molar-refractivity contribution in [1.29, 1.82) is 0 Å². The summed E-state index contributed by atoms with van der Waals surface area (Å²) in [4.78, 5) is 43.1. The van der Waals surface area contributed by atoms with Crippen LogP contribution < -0.4 is 11.2 Å². The van der Waals surface area contributed by atoms with E-state index in [9.17, 15) is 14.4 Å². The molecule has 1 N–H and O–H groups in total. The molecule has 0 atom stereocenters. The fourth-order valence-electron chi connectivity index (χ4n) is 2.34. The van der Waals surface area contributed by atoms with E-state index >= 15 is 0 Å². The number of imidazole rings is 1. The fraction of sp³-hybridized carbons (Fsp3) is 0.200. The molecule has 3 rings (SSSR count). The van der Waals surface area contributed by atoms with Crippen LogP contribution in [0.1, 0.15) is 23.7 Å². The van der Waals surface area contributed by atoms with Crippen LogP contribution in [0.15, 0.2) is 46.5 Å². The van der Waals surface area contributed by atoms with Gasteiger partial charge in [0.15, 0.2) is 0 Å². The lowest BCUT2D eigenvalue weighted by Crippen LogP contribution is -2.35. The van der Waals surface area contributed by atoms with Crippen LogP contribution in [0.25, 0.3) is 10.9 Å². The van der Waals surface area contributed by atoms with E-state index in [2.05, 4.69) is 9.97 Å². The van der Waals surface area contributed by atoms with Crippen molar-refractivity contribution >= 4 is 16.8 Å². The summed E-state index contributed by atoms with van der Waals surface area (Å²) in [7, 11) is 0. The van der Waals surface area contributed by atoms with E-state index < -0.39 is 5.69 Å². The predicted octanol–water partition coefficient (Wildman–Crippen LogP) is 0.985. The first-order valence-corrected chi connectivity index (χ1v) is 6.91. The monoisotopic (exact) mass is 298 g/mol. The third-order valence-corrected chi connectivity index (χ3v) is 3.41. The van der Waals surface area contributed by atoms with Crippen LogP contribution in [0.4, 0.5) is 0 Å². The summed E-state index contributed by atoms with van der Waals surface area (Å²) in [6.07, 6.45) is 5.11. The van der Waals surface area contributed by atoms with Crippen LogP contribution in [-0.2, 0) is 6.54 Å². The maximum absolute atomic E-state index is 12.4. The Kier molecular flexibility index (Phi) is 3.46. The van der Waals surface area contributed by atoms with Gasteiger partial charge in [-0.1, -0.05) is 6.92 Å². The summed E-state index contributed by atoms with van der Waals surface area (Å²) in [5.41, 5.74) is -0.0452. The number of aromatic amines is 1. The van der Waals surface area contributed by atoms with Crippen LogP contribution in [0.2, 0.25) is 0 Å². The predicted molar refractivity (Wildman–Crippen MR) is 81.1 cm³/mol. The lowest BCUT2D eigenvalue weighted by atomic mass is 10.1. The van der Waals surface area contributed by atoms with Crippen LogP contribution in [0.3, 0.4) is 0 Å². The average molecular weight is 298 g/mol. The molecule has 0 aliphatic heterocycles. The van der Waals surface area contributed by atoms with Gasteiger partial charge in [0.2, 0.25) is 0 Å². The number of benzene rings is 1. The molecule has 7 nitrogen and oxygen atoms in total. The molecule has 7 heteroatoms. The molecule has 0 fully saturated rings. The maximum atomic E-state index is 12.4. The first-order valence-electron chi connectivity index (χ1n) is 6.91. The van der Waals surface area contributed by atoms with Gasteiger partial charge in [-0.3, -0.25) is 18.7 Å². The van der Waals surface area contributed by atoms with Crippen molar-refractivity contribution in [2.75, 3.05) is 0 Å². The number of aromatic nitrogens is 4. The van der Waals surface area contributed by atoms with Crippen LogP contribution >= 0.6 is 0 Å². The molecule has 112 valence electrons. The van der Waals surface area contributed by atoms with Crippen molar-refractivity contribution in [3.05, 3.63) is 63.3 Å². The number of hydrogen-bond donors (Lipinski definition) is 1. The minimum Gasteiger partial charge on any atom is -0.307 e. The maximum Gasteiger partial charge on any atom is 0.328 e. The molecule has 2 heterocycles. The van der Waals surface area contributed by atoms with Gasteiger partial charge in [-0.15, -0.1) is 0 Å². The fourth-order valence-corrected chi connectivity index (χ4v) is 2.34. The SMILES string of the molecule is CCCn1c(=O)[nH]c2ccc(C(=O)n3ccnc3)cc2c1=O. The highest BCUT2D eigenvalue weighted by Crippen LogP contribution is 2.11. The van der Waals surface area contributed by atoms with E-state index in [1.54, 1.807) is 12.1 Å². The molecule has 0 radical (unpaired) electrons. The molecule has 0 aliphatic carbocycles. The van der Waals surface area contributed by atoms with Gasteiger partial charge in [-0.2, -0.15) is 0 Å².